The van der Waals surface area contributed by atoms with E-state index in [0.717, 1.165) is 25.3 Å². The Hall–Kier alpha value is -0.980. The Balaban J connectivity index is 0.00000480. The second-order valence-electron chi connectivity index (χ2n) is 9.08. The predicted molar refractivity (Wildman–Crippen MR) is 126 cm³/mol. The number of aliphatic imine (C=N–C) groups is 1. The molecule has 31 heavy (non-hydrogen) atoms. The van der Waals surface area contributed by atoms with E-state index in [9.17, 15) is 18.0 Å². The van der Waals surface area contributed by atoms with Crippen molar-refractivity contribution >= 4 is 36.0 Å². The molecule has 2 heterocycles. The van der Waals surface area contributed by atoms with Crippen molar-refractivity contribution < 1.29 is 22.7 Å². The number of nitrogens with zero attached hydrogens (tertiary/aromatic N) is 4. The summed E-state index contributed by atoms with van der Waals surface area (Å²) in [4.78, 5) is 21.7. The summed E-state index contributed by atoms with van der Waals surface area (Å²) in [6.45, 7) is 10.6. The first kappa shape index (κ1) is 28.1. The lowest BCUT2D eigenvalue weighted by molar-refractivity contribution is -0.181. The Morgan fingerprint density at radius 3 is 2.06 bits per heavy atom. The summed E-state index contributed by atoms with van der Waals surface area (Å²) in [6.07, 6.45) is -2.72. The van der Waals surface area contributed by atoms with Gasteiger partial charge in [0, 0.05) is 52.9 Å². The molecular formula is C20H37F3IN5O2. The highest BCUT2D eigenvalue weighted by Crippen LogP contribution is 2.25. The van der Waals surface area contributed by atoms with E-state index in [1.54, 1.807) is 11.9 Å². The maximum atomic E-state index is 12.9. The van der Waals surface area contributed by atoms with Gasteiger partial charge in [0.25, 0.3) is 0 Å². The highest BCUT2D eigenvalue weighted by atomic mass is 127. The van der Waals surface area contributed by atoms with Crippen LogP contribution in [-0.2, 0) is 4.74 Å². The Bertz CT molecular complexity index is 597. The lowest BCUT2D eigenvalue weighted by Gasteiger charge is -2.40. The number of hydrogen-bond donors (Lipinski definition) is 1. The van der Waals surface area contributed by atoms with E-state index < -0.39 is 17.8 Å². The third-order valence-electron chi connectivity index (χ3n) is 5.66. The van der Waals surface area contributed by atoms with Crippen LogP contribution in [0, 0.1) is 5.92 Å². The topological polar surface area (TPSA) is 60.4 Å². The Kier molecular flexibility index (Phi) is 10.6. The number of hydrogen-bond acceptors (Lipinski definition) is 4. The molecule has 0 saturated carbocycles. The van der Waals surface area contributed by atoms with Gasteiger partial charge in [-0.25, -0.2) is 4.79 Å². The van der Waals surface area contributed by atoms with Crippen molar-refractivity contribution in [2.24, 2.45) is 10.9 Å². The first-order valence-electron chi connectivity index (χ1n) is 10.6. The van der Waals surface area contributed by atoms with Crippen LogP contribution in [0.3, 0.4) is 0 Å². The quantitative estimate of drug-likeness (QED) is 0.324. The van der Waals surface area contributed by atoms with Crippen LogP contribution in [0.1, 0.15) is 40.5 Å². The van der Waals surface area contributed by atoms with Gasteiger partial charge < -0.3 is 19.9 Å². The third kappa shape index (κ3) is 8.82. The van der Waals surface area contributed by atoms with Crippen molar-refractivity contribution in [3.63, 3.8) is 0 Å². The minimum absolute atomic E-state index is 0. The van der Waals surface area contributed by atoms with Gasteiger partial charge >= 0.3 is 12.3 Å². The number of rotatable bonds is 3. The smallest absolute Gasteiger partial charge is 0.410 e. The van der Waals surface area contributed by atoms with E-state index in [0.29, 0.717) is 45.2 Å². The number of carbonyl (C=O) groups is 1. The van der Waals surface area contributed by atoms with E-state index in [-0.39, 0.29) is 30.1 Å². The molecule has 0 aromatic heterocycles. The van der Waals surface area contributed by atoms with Gasteiger partial charge in [-0.3, -0.25) is 9.89 Å². The van der Waals surface area contributed by atoms with Crippen LogP contribution in [-0.4, -0.2) is 97.4 Å². The first-order valence-corrected chi connectivity index (χ1v) is 10.6. The Morgan fingerprint density at radius 1 is 1.06 bits per heavy atom. The first-order chi connectivity index (χ1) is 13.9. The molecule has 7 nitrogen and oxygen atoms in total. The summed E-state index contributed by atoms with van der Waals surface area (Å²) in [6, 6.07) is -1.43. The van der Waals surface area contributed by atoms with E-state index in [4.69, 9.17) is 4.74 Å². The van der Waals surface area contributed by atoms with Gasteiger partial charge in [0.15, 0.2) is 5.96 Å². The summed E-state index contributed by atoms with van der Waals surface area (Å²) in [5.41, 5.74) is -0.496. The fourth-order valence-electron chi connectivity index (χ4n) is 3.74. The normalized spacial score (nSPS) is 20.8. The molecule has 1 unspecified atom stereocenters. The Labute approximate surface area is 200 Å². The van der Waals surface area contributed by atoms with Crippen LogP contribution in [0.15, 0.2) is 4.99 Å². The second kappa shape index (κ2) is 11.8. The SMILES string of the molecule is CN=C(NCC1CCN(C(=O)OC(C)(C)C)CC1)N1CCN(C(C)C(F)(F)F)CC1.I. The summed E-state index contributed by atoms with van der Waals surface area (Å²) >= 11 is 0. The molecule has 2 saturated heterocycles. The zero-order chi connectivity index (χ0) is 22.5. The maximum Gasteiger partial charge on any atom is 0.410 e. The molecule has 1 amide bonds. The molecule has 0 bridgehead atoms. The fourth-order valence-corrected chi connectivity index (χ4v) is 3.74. The van der Waals surface area contributed by atoms with Crippen molar-refractivity contribution in [3.8, 4) is 0 Å². The highest BCUT2D eigenvalue weighted by molar-refractivity contribution is 14.0. The number of nitrogens with one attached hydrogen (secondary N) is 1. The molecule has 0 aliphatic carbocycles. The van der Waals surface area contributed by atoms with Crippen LogP contribution < -0.4 is 5.32 Å². The molecular weight excluding hydrogens is 526 g/mol. The molecule has 2 aliphatic rings. The predicted octanol–water partition coefficient (Wildman–Crippen LogP) is 3.40. The largest absolute Gasteiger partial charge is 0.444 e. The van der Waals surface area contributed by atoms with Crippen LogP contribution in [0.25, 0.3) is 0 Å². The summed E-state index contributed by atoms with van der Waals surface area (Å²) in [7, 11) is 1.69. The minimum Gasteiger partial charge on any atom is -0.444 e. The number of alkyl halides is 3. The number of halogens is 4. The van der Waals surface area contributed by atoms with Crippen LogP contribution in [0.4, 0.5) is 18.0 Å². The van der Waals surface area contributed by atoms with Crippen molar-refractivity contribution in [1.82, 2.24) is 20.0 Å². The summed E-state index contributed by atoms with van der Waals surface area (Å²) in [5.74, 6) is 1.14. The van der Waals surface area contributed by atoms with Gasteiger partial charge in [-0.2, -0.15) is 13.2 Å². The van der Waals surface area contributed by atoms with E-state index in [1.807, 2.05) is 25.7 Å². The molecule has 182 valence electrons. The van der Waals surface area contributed by atoms with Crippen LogP contribution in [0.2, 0.25) is 0 Å². The average Bonchev–Trinajstić information content (AvgIpc) is 2.67. The van der Waals surface area contributed by atoms with Crippen molar-refractivity contribution in [3.05, 3.63) is 0 Å². The monoisotopic (exact) mass is 563 g/mol. The number of likely N-dealkylation sites (tertiary alicyclic amines) is 1. The molecule has 2 fully saturated rings. The highest BCUT2D eigenvalue weighted by Gasteiger charge is 2.41. The molecule has 2 aliphatic heterocycles. The van der Waals surface area contributed by atoms with Crippen molar-refractivity contribution in [2.45, 2.75) is 58.4 Å². The van der Waals surface area contributed by atoms with Gasteiger partial charge in [-0.05, 0) is 46.5 Å². The zero-order valence-electron chi connectivity index (χ0n) is 19.2. The number of guanidine groups is 1. The van der Waals surface area contributed by atoms with Crippen LogP contribution >= 0.6 is 24.0 Å². The number of amides is 1. The summed E-state index contributed by atoms with van der Waals surface area (Å²) < 4.78 is 44.2. The second-order valence-corrected chi connectivity index (χ2v) is 9.08. The van der Waals surface area contributed by atoms with Crippen LogP contribution in [0.5, 0.6) is 0 Å². The van der Waals surface area contributed by atoms with Crippen molar-refractivity contribution in [2.75, 3.05) is 52.9 Å². The third-order valence-corrected chi connectivity index (χ3v) is 5.66. The van der Waals surface area contributed by atoms with Gasteiger partial charge in [0.05, 0.1) is 0 Å². The zero-order valence-corrected chi connectivity index (χ0v) is 21.5. The molecule has 0 aromatic rings. The summed E-state index contributed by atoms with van der Waals surface area (Å²) in [5, 5.41) is 3.37. The van der Waals surface area contributed by atoms with Gasteiger partial charge in [-0.1, -0.05) is 0 Å². The lowest BCUT2D eigenvalue weighted by atomic mass is 9.97. The van der Waals surface area contributed by atoms with Gasteiger partial charge in [0.1, 0.15) is 11.6 Å². The van der Waals surface area contributed by atoms with Gasteiger partial charge in [0.2, 0.25) is 0 Å². The van der Waals surface area contributed by atoms with E-state index in [1.165, 1.54) is 11.8 Å². The standard InChI is InChI=1S/C20H36F3N5O2.HI/c1-15(20(21,22)23)26-10-12-27(13-11-26)17(24-5)25-14-16-6-8-28(9-7-16)18(29)30-19(2,3)4;/h15-16H,6-14H2,1-5H3,(H,24,25);1H. The lowest BCUT2D eigenvalue weighted by Crippen LogP contribution is -2.57. The number of piperidine rings is 1. The van der Waals surface area contributed by atoms with E-state index in [2.05, 4.69) is 10.3 Å². The van der Waals surface area contributed by atoms with Gasteiger partial charge in [-0.15, -0.1) is 24.0 Å². The molecule has 0 spiro atoms. The average molecular weight is 563 g/mol. The number of carbonyl (C=O) groups excluding carboxylic acids is 1. The van der Waals surface area contributed by atoms with Crippen molar-refractivity contribution in [1.29, 1.82) is 0 Å². The number of ether oxygens (including phenoxy) is 1. The minimum atomic E-state index is -4.20. The maximum absolute atomic E-state index is 12.9. The molecule has 0 aromatic carbocycles. The molecule has 1 N–H and O–H groups in total. The fraction of sp³-hybridized carbons (Fsp3) is 0.900. The molecule has 11 heteroatoms. The Morgan fingerprint density at radius 2 is 1.61 bits per heavy atom. The number of piperazine rings is 1. The van der Waals surface area contributed by atoms with E-state index >= 15 is 0 Å². The molecule has 0 radical (unpaired) electrons. The molecule has 1 atom stereocenters. The molecule has 2 rings (SSSR count).